The molecule has 6 heteroatoms. The van der Waals surface area contributed by atoms with Gasteiger partial charge in [0.05, 0.1) is 11.9 Å². The minimum absolute atomic E-state index is 0.112. The Bertz CT molecular complexity index is 459. The van der Waals surface area contributed by atoms with Gasteiger partial charge in [0.15, 0.2) is 0 Å². The zero-order valence-electron chi connectivity index (χ0n) is 10.1. The average Bonchev–Trinajstić information content (AvgIpc) is 2.71. The largest absolute Gasteiger partial charge is 0.382 e. The molecule has 0 saturated carbocycles. The minimum atomic E-state index is -0.112. The Labute approximate surface area is 109 Å². The standard InChI is InChI=1S/C11H17BrN4O/c1-15-4-3-8(7-15)5-13-9-6-14-16(2)11(17)10(9)12/h6,8,13H,3-5,7H2,1-2H3. The molecule has 1 aliphatic rings. The summed E-state index contributed by atoms with van der Waals surface area (Å²) in [5.41, 5.74) is 0.668. The van der Waals surface area contributed by atoms with Crippen molar-refractivity contribution in [1.29, 1.82) is 0 Å². The lowest BCUT2D eigenvalue weighted by Crippen LogP contribution is -2.23. The van der Waals surface area contributed by atoms with Gasteiger partial charge in [0.2, 0.25) is 0 Å². The normalized spacial score (nSPS) is 20.8. The summed E-state index contributed by atoms with van der Waals surface area (Å²) in [6.07, 6.45) is 2.89. The molecule has 0 spiro atoms. The summed E-state index contributed by atoms with van der Waals surface area (Å²) < 4.78 is 1.87. The number of aryl methyl sites for hydroxylation is 1. The highest BCUT2D eigenvalue weighted by atomic mass is 79.9. The van der Waals surface area contributed by atoms with E-state index in [1.165, 1.54) is 11.1 Å². The maximum absolute atomic E-state index is 11.6. The highest BCUT2D eigenvalue weighted by Crippen LogP contribution is 2.19. The third kappa shape index (κ3) is 2.87. The van der Waals surface area contributed by atoms with Crippen LogP contribution in [0.25, 0.3) is 0 Å². The number of likely N-dealkylation sites (tertiary alicyclic amines) is 1. The fourth-order valence-electron chi connectivity index (χ4n) is 2.08. The minimum Gasteiger partial charge on any atom is -0.382 e. The van der Waals surface area contributed by atoms with Crippen molar-refractivity contribution in [2.45, 2.75) is 6.42 Å². The number of nitrogens with zero attached hydrogens (tertiary/aromatic N) is 3. The van der Waals surface area contributed by atoms with Crippen molar-refractivity contribution in [1.82, 2.24) is 14.7 Å². The van der Waals surface area contributed by atoms with Gasteiger partial charge in [-0.2, -0.15) is 5.10 Å². The van der Waals surface area contributed by atoms with Crippen molar-refractivity contribution in [3.63, 3.8) is 0 Å². The van der Waals surface area contributed by atoms with Crippen molar-refractivity contribution in [2.75, 3.05) is 32.0 Å². The van der Waals surface area contributed by atoms with Crippen LogP contribution in [-0.2, 0) is 7.05 Å². The molecule has 5 nitrogen and oxygen atoms in total. The Balaban J connectivity index is 2.00. The molecule has 0 bridgehead atoms. The zero-order valence-corrected chi connectivity index (χ0v) is 11.7. The predicted molar refractivity (Wildman–Crippen MR) is 71.3 cm³/mol. The van der Waals surface area contributed by atoms with Gasteiger partial charge in [0, 0.05) is 20.1 Å². The summed E-state index contributed by atoms with van der Waals surface area (Å²) in [5.74, 6) is 0.649. The molecular formula is C11H17BrN4O. The van der Waals surface area contributed by atoms with Gasteiger partial charge in [0.1, 0.15) is 4.47 Å². The topological polar surface area (TPSA) is 50.2 Å². The summed E-state index contributed by atoms with van der Waals surface area (Å²) in [4.78, 5) is 14.0. The molecule has 2 rings (SSSR count). The average molecular weight is 301 g/mol. The van der Waals surface area contributed by atoms with Gasteiger partial charge in [-0.15, -0.1) is 0 Å². The first-order valence-electron chi connectivity index (χ1n) is 5.72. The first-order chi connectivity index (χ1) is 8.08. The van der Waals surface area contributed by atoms with Crippen LogP contribution >= 0.6 is 15.9 Å². The quantitative estimate of drug-likeness (QED) is 0.901. The number of halogens is 1. The number of anilines is 1. The Kier molecular flexibility index (Phi) is 3.83. The highest BCUT2D eigenvalue weighted by Gasteiger charge is 2.19. The number of hydrogen-bond donors (Lipinski definition) is 1. The summed E-state index contributed by atoms with van der Waals surface area (Å²) in [6.45, 7) is 3.16. The first kappa shape index (κ1) is 12.6. The van der Waals surface area contributed by atoms with E-state index >= 15 is 0 Å². The molecule has 0 aliphatic carbocycles. The molecule has 2 heterocycles. The van der Waals surface area contributed by atoms with Gasteiger partial charge >= 0.3 is 0 Å². The van der Waals surface area contributed by atoms with Gasteiger partial charge in [-0.1, -0.05) is 0 Å². The van der Waals surface area contributed by atoms with Crippen LogP contribution < -0.4 is 10.9 Å². The molecule has 17 heavy (non-hydrogen) atoms. The van der Waals surface area contributed by atoms with Crippen molar-refractivity contribution in [3.05, 3.63) is 21.0 Å². The number of hydrogen-bond acceptors (Lipinski definition) is 4. The van der Waals surface area contributed by atoms with Crippen LogP contribution in [0.2, 0.25) is 0 Å². The van der Waals surface area contributed by atoms with Crippen molar-refractivity contribution in [3.8, 4) is 0 Å². The van der Waals surface area contributed by atoms with Crippen LogP contribution in [0, 0.1) is 5.92 Å². The molecule has 1 atom stereocenters. The molecule has 1 unspecified atom stereocenters. The Morgan fingerprint density at radius 1 is 1.59 bits per heavy atom. The van der Waals surface area contributed by atoms with Crippen LogP contribution in [0.4, 0.5) is 5.69 Å². The van der Waals surface area contributed by atoms with Crippen molar-refractivity contribution in [2.24, 2.45) is 13.0 Å². The number of aromatic nitrogens is 2. The van der Waals surface area contributed by atoms with E-state index in [1.54, 1.807) is 13.2 Å². The molecule has 1 saturated heterocycles. The summed E-state index contributed by atoms with van der Waals surface area (Å²) in [5, 5.41) is 7.30. The molecule has 0 radical (unpaired) electrons. The first-order valence-corrected chi connectivity index (χ1v) is 6.51. The second kappa shape index (κ2) is 5.18. The van der Waals surface area contributed by atoms with E-state index in [0.717, 1.165) is 25.3 Å². The third-order valence-corrected chi connectivity index (χ3v) is 3.91. The van der Waals surface area contributed by atoms with Gasteiger partial charge in [-0.25, -0.2) is 4.68 Å². The molecule has 0 amide bonds. The maximum Gasteiger partial charge on any atom is 0.282 e. The number of nitrogens with one attached hydrogen (secondary N) is 1. The van der Waals surface area contributed by atoms with Gasteiger partial charge in [0.25, 0.3) is 5.56 Å². The van der Waals surface area contributed by atoms with E-state index in [1.807, 2.05) is 0 Å². The molecule has 1 aliphatic heterocycles. The van der Waals surface area contributed by atoms with Crippen molar-refractivity contribution < 1.29 is 0 Å². The molecule has 1 aromatic heterocycles. The summed E-state index contributed by atoms with van der Waals surface area (Å²) >= 11 is 3.31. The molecule has 94 valence electrons. The Morgan fingerprint density at radius 3 is 3.00 bits per heavy atom. The lowest BCUT2D eigenvalue weighted by Gasteiger charge is -2.13. The highest BCUT2D eigenvalue weighted by molar-refractivity contribution is 9.10. The van der Waals surface area contributed by atoms with E-state index in [9.17, 15) is 4.79 Å². The van der Waals surface area contributed by atoms with Crippen LogP contribution in [0.3, 0.4) is 0 Å². The van der Waals surface area contributed by atoms with Gasteiger partial charge in [-0.3, -0.25) is 4.79 Å². The predicted octanol–water partition coefficient (Wildman–Crippen LogP) is 0.906. The Morgan fingerprint density at radius 2 is 2.35 bits per heavy atom. The zero-order chi connectivity index (χ0) is 12.4. The summed E-state index contributed by atoms with van der Waals surface area (Å²) in [6, 6.07) is 0. The maximum atomic E-state index is 11.6. The monoisotopic (exact) mass is 300 g/mol. The van der Waals surface area contributed by atoms with Crippen molar-refractivity contribution >= 4 is 21.6 Å². The molecule has 1 aromatic rings. The van der Waals surface area contributed by atoms with E-state index in [-0.39, 0.29) is 5.56 Å². The number of rotatable bonds is 3. The van der Waals surface area contributed by atoms with Crippen LogP contribution in [0.5, 0.6) is 0 Å². The van der Waals surface area contributed by atoms with Crippen LogP contribution in [-0.4, -0.2) is 41.4 Å². The van der Waals surface area contributed by atoms with E-state index in [0.29, 0.717) is 10.4 Å². The van der Waals surface area contributed by atoms with E-state index < -0.39 is 0 Å². The fraction of sp³-hybridized carbons (Fsp3) is 0.636. The molecule has 0 aromatic carbocycles. The van der Waals surface area contributed by atoms with Gasteiger partial charge < -0.3 is 10.2 Å². The smallest absolute Gasteiger partial charge is 0.282 e. The van der Waals surface area contributed by atoms with Gasteiger partial charge in [-0.05, 0) is 41.9 Å². The second-order valence-corrected chi connectivity index (χ2v) is 5.39. The SMILES string of the molecule is CN1CCC(CNc2cnn(C)c(=O)c2Br)C1. The lowest BCUT2D eigenvalue weighted by molar-refractivity contribution is 0.399. The molecular weight excluding hydrogens is 284 g/mol. The second-order valence-electron chi connectivity index (χ2n) is 4.60. The van der Waals surface area contributed by atoms with E-state index in [4.69, 9.17) is 0 Å². The molecule has 1 fully saturated rings. The fourth-order valence-corrected chi connectivity index (χ4v) is 2.58. The van der Waals surface area contributed by atoms with Crippen LogP contribution in [0.15, 0.2) is 15.5 Å². The van der Waals surface area contributed by atoms with Crippen LogP contribution in [0.1, 0.15) is 6.42 Å². The molecule has 1 N–H and O–H groups in total. The van der Waals surface area contributed by atoms with E-state index in [2.05, 4.69) is 38.3 Å². The summed E-state index contributed by atoms with van der Waals surface area (Å²) in [7, 11) is 3.78. The third-order valence-electron chi connectivity index (χ3n) is 3.15. The Hall–Kier alpha value is -0.880. The lowest BCUT2D eigenvalue weighted by atomic mass is 10.1.